The molecule has 0 saturated carbocycles. The number of aryl methyl sites for hydroxylation is 1. The third-order valence-corrected chi connectivity index (χ3v) is 4.00. The van der Waals surface area contributed by atoms with E-state index in [2.05, 4.69) is 17.6 Å². The quantitative estimate of drug-likeness (QED) is 0.662. The number of hydrogen-bond acceptors (Lipinski definition) is 4. The highest BCUT2D eigenvalue weighted by atomic mass is 16.5. The van der Waals surface area contributed by atoms with E-state index >= 15 is 0 Å². The first-order valence-electron chi connectivity index (χ1n) is 8.99. The van der Waals surface area contributed by atoms with Crippen LogP contribution in [0.2, 0.25) is 0 Å². The van der Waals surface area contributed by atoms with E-state index in [0.29, 0.717) is 23.6 Å². The summed E-state index contributed by atoms with van der Waals surface area (Å²) in [7, 11) is 1.56. The van der Waals surface area contributed by atoms with E-state index in [0.717, 1.165) is 24.2 Å². The van der Waals surface area contributed by atoms with Crippen molar-refractivity contribution in [3.05, 3.63) is 53.6 Å². The molecular weight excluding hydrogens is 344 g/mol. The van der Waals surface area contributed by atoms with Gasteiger partial charge in [0.25, 0.3) is 5.91 Å². The third kappa shape index (κ3) is 6.33. The molecule has 2 N–H and O–H groups in total. The molecule has 0 bridgehead atoms. The molecule has 2 rings (SSSR count). The average Bonchev–Trinajstić information content (AvgIpc) is 2.68. The van der Waals surface area contributed by atoms with Crippen LogP contribution < -0.4 is 20.1 Å². The summed E-state index contributed by atoms with van der Waals surface area (Å²) in [5.41, 5.74) is 2.06. The van der Waals surface area contributed by atoms with Crippen LogP contribution >= 0.6 is 0 Å². The Hall–Kier alpha value is -3.02. The first-order valence-corrected chi connectivity index (χ1v) is 8.99. The van der Waals surface area contributed by atoms with Crippen molar-refractivity contribution in [3.63, 3.8) is 0 Å². The molecule has 2 amide bonds. The summed E-state index contributed by atoms with van der Waals surface area (Å²) in [4.78, 5) is 24.2. The van der Waals surface area contributed by atoms with Crippen LogP contribution in [0.4, 0.5) is 5.69 Å². The second kappa shape index (κ2) is 10.2. The Kier molecular flexibility index (Phi) is 7.67. The molecular formula is C21H26N2O4. The summed E-state index contributed by atoms with van der Waals surface area (Å²) in [5.74, 6) is 0.845. The van der Waals surface area contributed by atoms with Gasteiger partial charge in [0.1, 0.15) is 11.5 Å². The molecule has 6 heteroatoms. The molecule has 0 radical (unpaired) electrons. The number of ether oxygens (including phenoxy) is 2. The molecule has 0 unspecified atom stereocenters. The summed E-state index contributed by atoms with van der Waals surface area (Å²) in [6, 6.07) is 12.2. The fraction of sp³-hybridized carbons (Fsp3) is 0.333. The number of benzene rings is 2. The average molecular weight is 370 g/mol. The van der Waals surface area contributed by atoms with Crippen LogP contribution in [0.25, 0.3) is 0 Å². The molecule has 0 heterocycles. The number of unbranched alkanes of at least 4 members (excludes halogenated alkanes) is 1. The Morgan fingerprint density at radius 1 is 1.04 bits per heavy atom. The van der Waals surface area contributed by atoms with Crippen molar-refractivity contribution in [2.45, 2.75) is 26.7 Å². The number of carbonyl (C=O) groups excluding carboxylic acids is 2. The molecule has 0 spiro atoms. The van der Waals surface area contributed by atoms with Gasteiger partial charge in [-0.25, -0.2) is 0 Å². The zero-order chi connectivity index (χ0) is 19.6. The van der Waals surface area contributed by atoms with E-state index in [-0.39, 0.29) is 18.4 Å². The molecule has 0 atom stereocenters. The monoisotopic (exact) mass is 370 g/mol. The van der Waals surface area contributed by atoms with Crippen molar-refractivity contribution in [1.29, 1.82) is 0 Å². The number of carbonyl (C=O) groups is 2. The minimum Gasteiger partial charge on any atom is -0.497 e. The largest absolute Gasteiger partial charge is 0.497 e. The Labute approximate surface area is 159 Å². The van der Waals surface area contributed by atoms with Crippen molar-refractivity contribution in [1.82, 2.24) is 5.32 Å². The number of hydrogen-bond donors (Lipinski definition) is 2. The van der Waals surface area contributed by atoms with E-state index in [1.54, 1.807) is 37.4 Å². The van der Waals surface area contributed by atoms with Crippen LogP contribution in [-0.2, 0) is 4.79 Å². The second-order valence-electron chi connectivity index (χ2n) is 6.14. The van der Waals surface area contributed by atoms with Gasteiger partial charge in [-0.05, 0) is 61.4 Å². The first kappa shape index (κ1) is 20.3. The van der Waals surface area contributed by atoms with Crippen molar-refractivity contribution in [2.24, 2.45) is 0 Å². The van der Waals surface area contributed by atoms with E-state index in [1.165, 1.54) is 0 Å². The van der Waals surface area contributed by atoms with Gasteiger partial charge in [0.05, 0.1) is 20.3 Å². The van der Waals surface area contributed by atoms with Crippen molar-refractivity contribution in [2.75, 3.05) is 25.6 Å². The lowest BCUT2D eigenvalue weighted by atomic mass is 10.2. The smallest absolute Gasteiger partial charge is 0.251 e. The van der Waals surface area contributed by atoms with Crippen molar-refractivity contribution < 1.29 is 19.1 Å². The molecule has 2 aromatic rings. The molecule has 0 saturated heterocycles. The lowest BCUT2D eigenvalue weighted by molar-refractivity contribution is -0.115. The number of methoxy groups -OCH3 is 1. The van der Waals surface area contributed by atoms with Gasteiger partial charge in [-0.2, -0.15) is 0 Å². The standard InChI is InChI=1S/C21H26N2O4/c1-4-5-12-27-18-10-11-19(15(2)13-18)23-20(24)14-22-21(25)16-6-8-17(26-3)9-7-16/h6-11,13H,4-5,12,14H2,1-3H3,(H,22,25)(H,23,24). The Morgan fingerprint density at radius 3 is 2.37 bits per heavy atom. The Morgan fingerprint density at radius 2 is 1.74 bits per heavy atom. The zero-order valence-corrected chi connectivity index (χ0v) is 16.0. The lowest BCUT2D eigenvalue weighted by Crippen LogP contribution is -2.32. The van der Waals surface area contributed by atoms with Gasteiger partial charge in [0, 0.05) is 11.3 Å². The predicted octanol–water partition coefficient (Wildman–Crippen LogP) is 3.55. The zero-order valence-electron chi connectivity index (χ0n) is 16.0. The summed E-state index contributed by atoms with van der Waals surface area (Å²) >= 11 is 0. The fourth-order valence-corrected chi connectivity index (χ4v) is 2.40. The molecule has 0 aliphatic rings. The molecule has 0 aliphatic heterocycles. The molecule has 27 heavy (non-hydrogen) atoms. The van der Waals surface area contributed by atoms with E-state index in [9.17, 15) is 9.59 Å². The summed E-state index contributed by atoms with van der Waals surface area (Å²) < 4.78 is 10.7. The minimum atomic E-state index is -0.316. The Bertz CT molecular complexity index is 772. The Balaban J connectivity index is 1.84. The molecule has 144 valence electrons. The van der Waals surface area contributed by atoms with E-state index in [1.807, 2.05) is 19.1 Å². The van der Waals surface area contributed by atoms with Gasteiger partial charge in [-0.1, -0.05) is 13.3 Å². The second-order valence-corrected chi connectivity index (χ2v) is 6.14. The molecule has 0 aromatic heterocycles. The predicted molar refractivity (Wildman–Crippen MR) is 106 cm³/mol. The third-order valence-electron chi connectivity index (χ3n) is 4.00. The van der Waals surface area contributed by atoms with Gasteiger partial charge in [0.2, 0.25) is 5.91 Å². The number of rotatable bonds is 9. The SMILES string of the molecule is CCCCOc1ccc(NC(=O)CNC(=O)c2ccc(OC)cc2)c(C)c1. The maximum atomic E-state index is 12.1. The molecule has 2 aromatic carbocycles. The van der Waals surface area contributed by atoms with Gasteiger partial charge in [-0.15, -0.1) is 0 Å². The molecule has 0 fully saturated rings. The van der Waals surface area contributed by atoms with Gasteiger partial charge < -0.3 is 20.1 Å². The topological polar surface area (TPSA) is 76.7 Å². The maximum absolute atomic E-state index is 12.1. The lowest BCUT2D eigenvalue weighted by Gasteiger charge is -2.12. The number of amides is 2. The summed E-state index contributed by atoms with van der Waals surface area (Å²) in [6.07, 6.45) is 2.08. The van der Waals surface area contributed by atoms with Gasteiger partial charge in [0.15, 0.2) is 0 Å². The highest BCUT2D eigenvalue weighted by Crippen LogP contribution is 2.21. The van der Waals surface area contributed by atoms with Crippen LogP contribution in [0.15, 0.2) is 42.5 Å². The van der Waals surface area contributed by atoms with E-state index in [4.69, 9.17) is 9.47 Å². The van der Waals surface area contributed by atoms with Crippen LogP contribution in [0.5, 0.6) is 11.5 Å². The van der Waals surface area contributed by atoms with Crippen LogP contribution in [0.1, 0.15) is 35.7 Å². The summed E-state index contributed by atoms with van der Waals surface area (Å²) in [6.45, 7) is 4.58. The first-order chi connectivity index (χ1) is 13.0. The normalized spacial score (nSPS) is 10.2. The molecule has 6 nitrogen and oxygen atoms in total. The molecule has 0 aliphatic carbocycles. The fourth-order valence-electron chi connectivity index (χ4n) is 2.40. The van der Waals surface area contributed by atoms with Crippen molar-refractivity contribution >= 4 is 17.5 Å². The minimum absolute atomic E-state index is 0.112. The van der Waals surface area contributed by atoms with Gasteiger partial charge in [-0.3, -0.25) is 9.59 Å². The van der Waals surface area contributed by atoms with Crippen molar-refractivity contribution in [3.8, 4) is 11.5 Å². The highest BCUT2D eigenvalue weighted by molar-refractivity contribution is 5.99. The van der Waals surface area contributed by atoms with Gasteiger partial charge >= 0.3 is 0 Å². The van der Waals surface area contributed by atoms with Crippen LogP contribution in [0, 0.1) is 6.92 Å². The number of anilines is 1. The van der Waals surface area contributed by atoms with Crippen LogP contribution in [0.3, 0.4) is 0 Å². The van der Waals surface area contributed by atoms with E-state index < -0.39 is 0 Å². The number of nitrogens with one attached hydrogen (secondary N) is 2. The maximum Gasteiger partial charge on any atom is 0.251 e. The van der Waals surface area contributed by atoms with Crippen LogP contribution in [-0.4, -0.2) is 32.1 Å². The summed E-state index contributed by atoms with van der Waals surface area (Å²) in [5, 5.41) is 5.41. The highest BCUT2D eigenvalue weighted by Gasteiger charge is 2.10.